The number of unbranched alkanes of at least 4 members (excludes halogenated alkanes) is 1. The molecule has 3 aromatic carbocycles. The van der Waals surface area contributed by atoms with E-state index in [2.05, 4.69) is 21.3 Å². The lowest BCUT2D eigenvalue weighted by Crippen LogP contribution is -2.53. The summed E-state index contributed by atoms with van der Waals surface area (Å²) in [5.41, 5.74) is 2.17. The van der Waals surface area contributed by atoms with E-state index in [0.717, 1.165) is 11.1 Å². The maximum absolute atomic E-state index is 13.7. The highest BCUT2D eigenvalue weighted by Gasteiger charge is 2.28. The quantitative estimate of drug-likeness (QED) is 0.150. The molecule has 0 aliphatic carbocycles. The summed E-state index contributed by atoms with van der Waals surface area (Å²) in [5.74, 6) is -1.00. The Morgan fingerprint density at radius 1 is 0.717 bits per heavy atom. The molecular weight excluding hydrogens is 588 g/mol. The fourth-order valence-corrected chi connectivity index (χ4v) is 4.41. The predicted molar refractivity (Wildman–Crippen MR) is 175 cm³/mol. The van der Waals surface area contributed by atoms with Crippen LogP contribution in [0.4, 0.5) is 15.3 Å². The van der Waals surface area contributed by atoms with Crippen molar-refractivity contribution in [3.05, 3.63) is 102 Å². The van der Waals surface area contributed by atoms with Crippen LogP contribution in [0.3, 0.4) is 0 Å². The second-order valence-corrected chi connectivity index (χ2v) is 11.8. The molecule has 0 bridgehead atoms. The van der Waals surface area contributed by atoms with Gasteiger partial charge in [0.1, 0.15) is 24.3 Å². The molecule has 1 unspecified atom stereocenters. The molecular formula is C35H44N4O7. The zero-order valence-electron chi connectivity index (χ0n) is 26.6. The highest BCUT2D eigenvalue weighted by atomic mass is 16.6. The molecule has 5 N–H and O–H groups in total. The number of anilines is 1. The highest BCUT2D eigenvalue weighted by molar-refractivity contribution is 5.98. The molecule has 0 saturated heterocycles. The summed E-state index contributed by atoms with van der Waals surface area (Å²) in [6.45, 7) is 5.55. The maximum Gasteiger partial charge on any atom is 0.408 e. The normalized spacial score (nSPS) is 12.3. The molecule has 0 aliphatic rings. The second kappa shape index (κ2) is 18.2. The minimum absolute atomic E-state index is 0.0315. The number of alkyl carbamates (subject to hydrolysis) is 2. The number of carbonyl (C=O) groups is 4. The van der Waals surface area contributed by atoms with Gasteiger partial charge in [0.05, 0.1) is 6.61 Å². The van der Waals surface area contributed by atoms with Gasteiger partial charge >= 0.3 is 12.2 Å². The average Bonchev–Trinajstić information content (AvgIpc) is 3.03. The van der Waals surface area contributed by atoms with Gasteiger partial charge in [0.2, 0.25) is 11.8 Å². The first-order valence-corrected chi connectivity index (χ1v) is 15.3. The summed E-state index contributed by atoms with van der Waals surface area (Å²) < 4.78 is 10.6. The van der Waals surface area contributed by atoms with Crippen LogP contribution in [0.25, 0.3) is 0 Å². The first-order chi connectivity index (χ1) is 22.0. The first-order valence-electron chi connectivity index (χ1n) is 15.3. The van der Waals surface area contributed by atoms with E-state index in [1.165, 1.54) is 0 Å². The zero-order chi connectivity index (χ0) is 33.4. The van der Waals surface area contributed by atoms with E-state index in [4.69, 9.17) is 9.47 Å². The topological polar surface area (TPSA) is 155 Å². The molecule has 0 aromatic heterocycles. The smallest absolute Gasteiger partial charge is 0.408 e. The molecule has 2 atom stereocenters. The van der Waals surface area contributed by atoms with E-state index in [1.54, 1.807) is 45.0 Å². The Kier molecular flexibility index (Phi) is 14.0. The lowest BCUT2D eigenvalue weighted by molar-refractivity contribution is -0.128. The third-order valence-electron chi connectivity index (χ3n) is 6.73. The maximum atomic E-state index is 13.7. The summed E-state index contributed by atoms with van der Waals surface area (Å²) in [6.07, 6.45) is 0.158. The van der Waals surface area contributed by atoms with Crippen molar-refractivity contribution in [1.82, 2.24) is 16.0 Å². The SMILES string of the molecule is CC(C)(C)OC(=O)NCCCC[C@H](NC(=O)C(Cc1ccccc1)NC(=O)OCc1ccccc1)C(=O)Nc1ccc(CO)cc1. The van der Waals surface area contributed by atoms with Crippen LogP contribution >= 0.6 is 0 Å². The van der Waals surface area contributed by atoms with Gasteiger partial charge in [-0.25, -0.2) is 9.59 Å². The van der Waals surface area contributed by atoms with Crippen LogP contribution in [0.5, 0.6) is 0 Å². The van der Waals surface area contributed by atoms with Gasteiger partial charge in [0.25, 0.3) is 0 Å². The lowest BCUT2D eigenvalue weighted by atomic mass is 10.0. The van der Waals surface area contributed by atoms with Crippen molar-refractivity contribution in [1.29, 1.82) is 0 Å². The number of nitrogens with one attached hydrogen (secondary N) is 4. The van der Waals surface area contributed by atoms with Crippen molar-refractivity contribution >= 4 is 29.7 Å². The Labute approximate surface area is 270 Å². The number of aliphatic hydroxyl groups is 1. The zero-order valence-corrected chi connectivity index (χ0v) is 26.6. The van der Waals surface area contributed by atoms with Crippen molar-refractivity contribution in [3.63, 3.8) is 0 Å². The van der Waals surface area contributed by atoms with Crippen LogP contribution in [-0.2, 0) is 38.7 Å². The third kappa shape index (κ3) is 13.4. The minimum Gasteiger partial charge on any atom is -0.445 e. The highest BCUT2D eigenvalue weighted by Crippen LogP contribution is 2.13. The second-order valence-electron chi connectivity index (χ2n) is 11.8. The third-order valence-corrected chi connectivity index (χ3v) is 6.73. The minimum atomic E-state index is -1.03. The van der Waals surface area contributed by atoms with Crippen LogP contribution in [0.15, 0.2) is 84.9 Å². The van der Waals surface area contributed by atoms with E-state index in [-0.39, 0.29) is 26.1 Å². The molecule has 0 radical (unpaired) electrons. The van der Waals surface area contributed by atoms with Gasteiger partial charge in [-0.05, 0) is 68.9 Å². The van der Waals surface area contributed by atoms with Crippen molar-refractivity contribution in [3.8, 4) is 0 Å². The number of hydrogen-bond acceptors (Lipinski definition) is 7. The van der Waals surface area contributed by atoms with Gasteiger partial charge in [-0.2, -0.15) is 0 Å². The van der Waals surface area contributed by atoms with Crippen molar-refractivity contribution < 1.29 is 33.8 Å². The van der Waals surface area contributed by atoms with Gasteiger partial charge in [0.15, 0.2) is 0 Å². The van der Waals surface area contributed by atoms with Crippen molar-refractivity contribution in [2.75, 3.05) is 11.9 Å². The van der Waals surface area contributed by atoms with Gasteiger partial charge in [-0.3, -0.25) is 9.59 Å². The van der Waals surface area contributed by atoms with Gasteiger partial charge < -0.3 is 35.8 Å². The summed E-state index contributed by atoms with van der Waals surface area (Å²) in [7, 11) is 0. The van der Waals surface area contributed by atoms with E-state index in [9.17, 15) is 24.3 Å². The Morgan fingerprint density at radius 2 is 1.35 bits per heavy atom. The van der Waals surface area contributed by atoms with Crippen LogP contribution in [-0.4, -0.2) is 53.3 Å². The van der Waals surface area contributed by atoms with Gasteiger partial charge in [-0.1, -0.05) is 72.8 Å². The Bertz CT molecular complexity index is 1390. The fraction of sp³-hybridized carbons (Fsp3) is 0.371. The largest absolute Gasteiger partial charge is 0.445 e. The van der Waals surface area contributed by atoms with E-state index < -0.39 is 41.7 Å². The monoisotopic (exact) mass is 632 g/mol. The summed E-state index contributed by atoms with van der Waals surface area (Å²) in [6, 6.07) is 23.1. The van der Waals surface area contributed by atoms with Crippen LogP contribution in [0, 0.1) is 0 Å². The Balaban J connectivity index is 1.69. The van der Waals surface area contributed by atoms with E-state index in [1.807, 2.05) is 60.7 Å². The molecule has 4 amide bonds. The molecule has 3 rings (SSSR count). The molecule has 246 valence electrons. The number of carbonyl (C=O) groups excluding carboxylic acids is 4. The molecule has 11 nitrogen and oxygen atoms in total. The van der Waals surface area contributed by atoms with Gasteiger partial charge in [-0.15, -0.1) is 0 Å². The lowest BCUT2D eigenvalue weighted by Gasteiger charge is -2.23. The fourth-order valence-electron chi connectivity index (χ4n) is 4.41. The van der Waals surface area contributed by atoms with Crippen LogP contribution in [0.1, 0.15) is 56.7 Å². The molecule has 3 aromatic rings. The number of ether oxygens (including phenoxy) is 2. The van der Waals surface area contributed by atoms with Crippen molar-refractivity contribution in [2.24, 2.45) is 0 Å². The Hall–Kier alpha value is -4.90. The number of aliphatic hydroxyl groups excluding tert-OH is 1. The van der Waals surface area contributed by atoms with E-state index >= 15 is 0 Å². The summed E-state index contributed by atoms with van der Waals surface area (Å²) >= 11 is 0. The molecule has 46 heavy (non-hydrogen) atoms. The number of hydrogen-bond donors (Lipinski definition) is 5. The molecule has 11 heteroatoms. The average molecular weight is 633 g/mol. The predicted octanol–water partition coefficient (Wildman–Crippen LogP) is 4.83. The summed E-state index contributed by atoms with van der Waals surface area (Å²) in [5, 5.41) is 20.3. The van der Waals surface area contributed by atoms with Crippen LogP contribution < -0.4 is 21.3 Å². The standard InChI is InChI=1S/C35H44N4O7/c1-35(2,3)46-33(43)36-21-11-10-16-29(31(41)37-28-19-17-26(23-40)18-20-28)38-32(42)30(22-25-12-6-4-7-13-25)39-34(44)45-24-27-14-8-5-9-15-27/h4-9,12-15,17-20,29-30,40H,10-11,16,21-24H2,1-3H3,(H,36,43)(H,37,41)(H,38,42)(H,39,44)/t29-,30?/m0/s1. The van der Waals surface area contributed by atoms with E-state index in [0.29, 0.717) is 30.6 Å². The molecule has 0 fully saturated rings. The van der Waals surface area contributed by atoms with Gasteiger partial charge in [0, 0.05) is 18.7 Å². The number of benzene rings is 3. The molecule has 0 spiro atoms. The Morgan fingerprint density at radius 3 is 1.96 bits per heavy atom. The molecule has 0 aliphatic heterocycles. The number of amides is 4. The first kappa shape index (κ1) is 35.6. The van der Waals surface area contributed by atoms with Crippen molar-refractivity contribution in [2.45, 2.75) is 77.4 Å². The molecule has 0 heterocycles. The number of rotatable bonds is 15. The molecule has 0 saturated carbocycles. The van der Waals surface area contributed by atoms with Crippen LogP contribution in [0.2, 0.25) is 0 Å². The summed E-state index contributed by atoms with van der Waals surface area (Å²) in [4.78, 5) is 51.8.